The van der Waals surface area contributed by atoms with E-state index in [4.69, 9.17) is 4.74 Å². The van der Waals surface area contributed by atoms with E-state index in [1.165, 1.54) is 11.0 Å². The molecule has 1 amide bonds. The van der Waals surface area contributed by atoms with Crippen molar-refractivity contribution in [2.24, 2.45) is 0 Å². The van der Waals surface area contributed by atoms with Crippen LogP contribution in [0.5, 0.6) is 5.75 Å². The van der Waals surface area contributed by atoms with Crippen LogP contribution in [0.3, 0.4) is 0 Å². The standard InChI is InChI=1S/C27H36FN3O3.H2/c1-3-4-16-34-24-10-7-20(8-11-24)27(33)29(2)21-9-12-26(25(28)17-21)30-15-13-22(18-30)31-14-5-6-23(31)19-32;/h7-12,17,22-23,32H,3-6,13-16,18-19H2,1-2H3;1H. The highest BCUT2D eigenvalue weighted by atomic mass is 19.1. The number of carbonyl (C=O) groups excluding carboxylic acids is 1. The molecule has 2 aromatic carbocycles. The van der Waals surface area contributed by atoms with E-state index >= 15 is 4.39 Å². The van der Waals surface area contributed by atoms with Crippen LogP contribution in [0.25, 0.3) is 0 Å². The van der Waals surface area contributed by atoms with Crippen molar-refractivity contribution in [3.63, 3.8) is 0 Å². The molecule has 1 N–H and O–H groups in total. The molecular formula is C27H38FN3O3. The number of likely N-dealkylation sites (tertiary alicyclic amines) is 1. The second kappa shape index (κ2) is 11.2. The van der Waals surface area contributed by atoms with E-state index < -0.39 is 0 Å². The van der Waals surface area contributed by atoms with Gasteiger partial charge in [-0.2, -0.15) is 0 Å². The molecule has 4 rings (SSSR count). The Morgan fingerprint density at radius 1 is 1.21 bits per heavy atom. The van der Waals surface area contributed by atoms with Crippen molar-refractivity contribution in [1.82, 2.24) is 4.90 Å². The quantitative estimate of drug-likeness (QED) is 0.544. The number of rotatable bonds is 9. The summed E-state index contributed by atoms with van der Waals surface area (Å²) in [5.41, 5.74) is 1.62. The van der Waals surface area contributed by atoms with Crippen molar-refractivity contribution in [2.45, 2.75) is 51.1 Å². The summed E-state index contributed by atoms with van der Waals surface area (Å²) < 4.78 is 20.8. The van der Waals surface area contributed by atoms with Gasteiger partial charge in [0.05, 0.1) is 18.9 Å². The van der Waals surface area contributed by atoms with Gasteiger partial charge in [0.25, 0.3) is 5.91 Å². The fraction of sp³-hybridized carbons (Fsp3) is 0.519. The van der Waals surface area contributed by atoms with Crippen molar-refractivity contribution < 1.29 is 20.5 Å². The molecule has 2 fully saturated rings. The number of aliphatic hydroxyl groups excluding tert-OH is 1. The molecule has 0 aliphatic carbocycles. The van der Waals surface area contributed by atoms with Crippen LogP contribution in [0.15, 0.2) is 42.5 Å². The predicted octanol–water partition coefficient (Wildman–Crippen LogP) is 4.56. The maximum atomic E-state index is 15.1. The van der Waals surface area contributed by atoms with E-state index in [0.717, 1.165) is 57.5 Å². The molecule has 0 spiro atoms. The molecule has 2 heterocycles. The fourth-order valence-corrected chi connectivity index (χ4v) is 5.07. The molecule has 2 aliphatic heterocycles. The number of amides is 1. The Labute approximate surface area is 203 Å². The zero-order valence-corrected chi connectivity index (χ0v) is 20.3. The van der Waals surface area contributed by atoms with Crippen molar-refractivity contribution in [3.8, 4) is 5.75 Å². The predicted molar refractivity (Wildman–Crippen MR) is 136 cm³/mol. The second-order valence-electron chi connectivity index (χ2n) is 9.33. The Morgan fingerprint density at radius 2 is 2.00 bits per heavy atom. The highest BCUT2D eigenvalue weighted by Crippen LogP contribution is 2.31. The molecule has 2 aliphatic rings. The van der Waals surface area contributed by atoms with Gasteiger partial charge in [0.1, 0.15) is 11.6 Å². The minimum absolute atomic E-state index is 0. The lowest BCUT2D eigenvalue weighted by Crippen LogP contribution is -2.42. The molecule has 0 radical (unpaired) electrons. The zero-order valence-electron chi connectivity index (χ0n) is 20.3. The van der Waals surface area contributed by atoms with E-state index in [0.29, 0.717) is 29.6 Å². The Hall–Kier alpha value is -2.64. The average molecular weight is 472 g/mol. The average Bonchev–Trinajstić information content (AvgIpc) is 3.53. The van der Waals surface area contributed by atoms with Gasteiger partial charge < -0.3 is 19.6 Å². The number of nitrogens with zero attached hydrogens (tertiary/aromatic N) is 3. The van der Waals surface area contributed by atoms with Gasteiger partial charge in [0.2, 0.25) is 0 Å². The third-order valence-corrected chi connectivity index (χ3v) is 7.10. The summed E-state index contributed by atoms with van der Waals surface area (Å²) in [5, 5.41) is 9.64. The van der Waals surface area contributed by atoms with Gasteiger partial charge >= 0.3 is 0 Å². The van der Waals surface area contributed by atoms with Crippen LogP contribution in [-0.2, 0) is 0 Å². The molecule has 6 nitrogen and oxygen atoms in total. The number of halogens is 1. The van der Waals surface area contributed by atoms with Gasteiger partial charge in [-0.05, 0) is 74.7 Å². The summed E-state index contributed by atoms with van der Waals surface area (Å²) in [6.45, 7) is 5.51. The summed E-state index contributed by atoms with van der Waals surface area (Å²) in [4.78, 5) is 18.9. The smallest absolute Gasteiger partial charge is 0.258 e. The number of ether oxygens (including phenoxy) is 1. The summed E-state index contributed by atoms with van der Waals surface area (Å²) in [6.07, 6.45) is 5.17. The molecule has 0 saturated carbocycles. The monoisotopic (exact) mass is 471 g/mol. The number of unbranched alkanes of at least 4 members (excludes halogenated alkanes) is 1. The maximum Gasteiger partial charge on any atom is 0.258 e. The lowest BCUT2D eigenvalue weighted by Gasteiger charge is -2.30. The molecule has 2 aromatic rings. The summed E-state index contributed by atoms with van der Waals surface area (Å²) in [7, 11) is 1.66. The topological polar surface area (TPSA) is 56.2 Å². The summed E-state index contributed by atoms with van der Waals surface area (Å²) in [5.74, 6) is 0.224. The van der Waals surface area contributed by atoms with E-state index in [2.05, 4.69) is 16.7 Å². The van der Waals surface area contributed by atoms with Crippen molar-refractivity contribution in [3.05, 3.63) is 53.8 Å². The molecule has 2 saturated heterocycles. The largest absolute Gasteiger partial charge is 0.494 e. The van der Waals surface area contributed by atoms with E-state index in [-0.39, 0.29) is 25.8 Å². The van der Waals surface area contributed by atoms with Crippen LogP contribution in [0.2, 0.25) is 0 Å². The van der Waals surface area contributed by atoms with Gasteiger partial charge in [-0.3, -0.25) is 9.69 Å². The Kier molecular flexibility index (Phi) is 8.06. The van der Waals surface area contributed by atoms with Gasteiger partial charge in [-0.15, -0.1) is 0 Å². The molecule has 7 heteroatoms. The van der Waals surface area contributed by atoms with Crippen molar-refractivity contribution in [2.75, 3.05) is 49.7 Å². The molecular weight excluding hydrogens is 433 g/mol. The Bertz CT molecular complexity index is 975. The van der Waals surface area contributed by atoms with Crippen LogP contribution < -0.4 is 14.5 Å². The minimum Gasteiger partial charge on any atom is -0.494 e. The van der Waals surface area contributed by atoms with E-state index in [1.54, 1.807) is 43.4 Å². The SMILES string of the molecule is CCCCOc1ccc(C(=O)N(C)c2ccc(N3CCC(N4CCCC4CO)C3)c(F)c2)cc1.[HH]. The molecule has 0 bridgehead atoms. The molecule has 34 heavy (non-hydrogen) atoms. The minimum atomic E-state index is -0.322. The molecule has 2 unspecified atom stereocenters. The van der Waals surface area contributed by atoms with Crippen LogP contribution >= 0.6 is 0 Å². The maximum absolute atomic E-state index is 15.1. The van der Waals surface area contributed by atoms with Gasteiger partial charge in [0, 0.05) is 44.9 Å². The first-order valence-corrected chi connectivity index (χ1v) is 12.4. The number of hydrogen-bond acceptors (Lipinski definition) is 5. The molecule has 186 valence electrons. The lowest BCUT2D eigenvalue weighted by molar-refractivity contribution is 0.0993. The van der Waals surface area contributed by atoms with Crippen LogP contribution in [0.1, 0.15) is 50.8 Å². The fourth-order valence-electron chi connectivity index (χ4n) is 5.07. The van der Waals surface area contributed by atoms with Crippen molar-refractivity contribution in [1.29, 1.82) is 0 Å². The van der Waals surface area contributed by atoms with Crippen molar-refractivity contribution >= 4 is 17.3 Å². The first-order valence-electron chi connectivity index (χ1n) is 12.4. The number of benzene rings is 2. The Balaban J connectivity index is 0.00000342. The van der Waals surface area contributed by atoms with E-state index in [9.17, 15) is 9.90 Å². The number of aliphatic hydroxyl groups is 1. The third kappa shape index (κ3) is 5.36. The zero-order chi connectivity index (χ0) is 24.1. The van der Waals surface area contributed by atoms with Gasteiger partial charge in [0.15, 0.2) is 0 Å². The first-order chi connectivity index (χ1) is 16.5. The normalized spacial score (nSPS) is 20.6. The lowest BCUT2D eigenvalue weighted by atomic mass is 10.1. The number of anilines is 2. The highest BCUT2D eigenvalue weighted by Gasteiger charge is 2.35. The second-order valence-corrected chi connectivity index (χ2v) is 9.33. The third-order valence-electron chi connectivity index (χ3n) is 7.10. The first kappa shape index (κ1) is 24.5. The molecule has 2 atom stereocenters. The van der Waals surface area contributed by atoms with E-state index in [1.807, 2.05) is 0 Å². The van der Waals surface area contributed by atoms with Crippen LogP contribution in [0, 0.1) is 5.82 Å². The summed E-state index contributed by atoms with van der Waals surface area (Å²) >= 11 is 0. The highest BCUT2D eigenvalue weighted by molar-refractivity contribution is 6.05. The number of hydrogen-bond donors (Lipinski definition) is 1. The Morgan fingerprint density at radius 3 is 2.71 bits per heavy atom. The van der Waals surface area contributed by atoms with Gasteiger partial charge in [-0.25, -0.2) is 4.39 Å². The van der Waals surface area contributed by atoms with Crippen LogP contribution in [0.4, 0.5) is 15.8 Å². The molecule has 0 aromatic heterocycles. The number of carbonyl (C=O) groups is 1. The van der Waals surface area contributed by atoms with Crippen LogP contribution in [-0.4, -0.2) is 67.9 Å². The summed E-state index contributed by atoms with van der Waals surface area (Å²) in [6, 6.07) is 12.7. The van der Waals surface area contributed by atoms with Gasteiger partial charge in [-0.1, -0.05) is 13.3 Å².